The SMILES string of the molecule is CC(C)(C)NCC(O)COc1cccc2cc(S(N)(=O)=O)sc12. The molecule has 128 valence electrons. The first kappa shape index (κ1) is 18.2. The van der Waals surface area contributed by atoms with Gasteiger partial charge < -0.3 is 15.2 Å². The van der Waals surface area contributed by atoms with Gasteiger partial charge in [-0.3, -0.25) is 0 Å². The van der Waals surface area contributed by atoms with Gasteiger partial charge in [-0.15, -0.1) is 11.3 Å². The van der Waals surface area contributed by atoms with E-state index in [9.17, 15) is 13.5 Å². The number of hydrogen-bond donors (Lipinski definition) is 3. The van der Waals surface area contributed by atoms with Crippen molar-refractivity contribution < 1.29 is 18.3 Å². The van der Waals surface area contributed by atoms with Gasteiger partial charge in [0, 0.05) is 12.1 Å². The molecule has 1 heterocycles. The van der Waals surface area contributed by atoms with Gasteiger partial charge in [-0.1, -0.05) is 12.1 Å². The molecule has 0 aliphatic heterocycles. The molecule has 0 saturated carbocycles. The highest BCUT2D eigenvalue weighted by Crippen LogP contribution is 2.35. The van der Waals surface area contributed by atoms with Gasteiger partial charge in [0.1, 0.15) is 22.7 Å². The predicted molar refractivity (Wildman–Crippen MR) is 92.5 cm³/mol. The quantitative estimate of drug-likeness (QED) is 0.729. The maximum atomic E-state index is 11.5. The Labute approximate surface area is 140 Å². The van der Waals surface area contributed by atoms with Crippen LogP contribution in [0.5, 0.6) is 5.75 Å². The molecule has 1 atom stereocenters. The highest BCUT2D eigenvalue weighted by atomic mass is 32.2. The maximum absolute atomic E-state index is 11.5. The third-order valence-corrected chi connectivity index (χ3v) is 5.65. The Morgan fingerprint density at radius 1 is 1.39 bits per heavy atom. The van der Waals surface area contributed by atoms with Crippen LogP contribution in [0.15, 0.2) is 28.5 Å². The second-order valence-electron chi connectivity index (χ2n) is 6.38. The molecule has 0 spiro atoms. The van der Waals surface area contributed by atoms with Crippen LogP contribution < -0.4 is 15.2 Å². The number of benzene rings is 1. The summed E-state index contributed by atoms with van der Waals surface area (Å²) < 4.78 is 29.4. The molecule has 0 fully saturated rings. The number of primary sulfonamides is 1. The van der Waals surface area contributed by atoms with Crippen LogP contribution in [0.25, 0.3) is 10.1 Å². The molecule has 2 rings (SSSR count). The van der Waals surface area contributed by atoms with E-state index >= 15 is 0 Å². The van der Waals surface area contributed by atoms with Crippen LogP contribution in [0.4, 0.5) is 0 Å². The van der Waals surface area contributed by atoms with Crippen molar-refractivity contribution in [2.75, 3.05) is 13.2 Å². The Kier molecular flexibility index (Phi) is 5.32. The number of β-amino-alcohol motifs (C(OH)–C–C–N with tert-alkyl or cyclic N) is 1. The van der Waals surface area contributed by atoms with Crippen molar-refractivity contribution >= 4 is 31.4 Å². The second kappa shape index (κ2) is 6.74. The van der Waals surface area contributed by atoms with E-state index in [0.717, 1.165) is 16.7 Å². The average molecular weight is 358 g/mol. The van der Waals surface area contributed by atoms with Gasteiger partial charge in [0.15, 0.2) is 0 Å². The van der Waals surface area contributed by atoms with E-state index < -0.39 is 16.1 Å². The van der Waals surface area contributed by atoms with Crippen LogP contribution >= 0.6 is 11.3 Å². The Balaban J connectivity index is 2.10. The van der Waals surface area contributed by atoms with Crippen molar-refractivity contribution in [2.45, 2.75) is 36.6 Å². The summed E-state index contributed by atoms with van der Waals surface area (Å²) in [7, 11) is -3.73. The number of hydrogen-bond acceptors (Lipinski definition) is 6. The Hall–Kier alpha value is -1.19. The molecule has 0 saturated heterocycles. The summed E-state index contributed by atoms with van der Waals surface area (Å²) in [6.45, 7) is 6.57. The highest BCUT2D eigenvalue weighted by Gasteiger charge is 2.16. The first-order valence-corrected chi connectivity index (χ1v) is 9.54. The zero-order valence-corrected chi connectivity index (χ0v) is 15.0. The third kappa shape index (κ3) is 5.15. The number of ether oxygens (including phenoxy) is 1. The van der Waals surface area contributed by atoms with Crippen molar-refractivity contribution in [1.29, 1.82) is 0 Å². The van der Waals surface area contributed by atoms with Crippen molar-refractivity contribution in [3.63, 3.8) is 0 Å². The molecule has 0 aliphatic carbocycles. The Morgan fingerprint density at radius 3 is 2.70 bits per heavy atom. The normalized spacial score (nSPS) is 14.1. The van der Waals surface area contributed by atoms with Crippen molar-refractivity contribution in [1.82, 2.24) is 5.32 Å². The smallest absolute Gasteiger partial charge is 0.247 e. The van der Waals surface area contributed by atoms with Gasteiger partial charge in [0.05, 0.1) is 4.70 Å². The van der Waals surface area contributed by atoms with Gasteiger partial charge >= 0.3 is 0 Å². The lowest BCUT2D eigenvalue weighted by Gasteiger charge is -2.23. The van der Waals surface area contributed by atoms with Crippen LogP contribution in [-0.4, -0.2) is 38.3 Å². The third-order valence-electron chi connectivity index (χ3n) is 3.07. The van der Waals surface area contributed by atoms with Crippen LogP contribution in [-0.2, 0) is 10.0 Å². The summed E-state index contributed by atoms with van der Waals surface area (Å²) in [5.74, 6) is 0.539. The van der Waals surface area contributed by atoms with Crippen LogP contribution in [0.2, 0.25) is 0 Å². The minimum absolute atomic E-state index is 0.0842. The number of nitrogens with one attached hydrogen (secondary N) is 1. The predicted octanol–water partition coefficient (Wildman–Crippen LogP) is 1.68. The minimum atomic E-state index is -3.73. The molecule has 1 unspecified atom stereocenters. The molecule has 8 heteroatoms. The van der Waals surface area contributed by atoms with E-state index in [4.69, 9.17) is 9.88 Å². The topological polar surface area (TPSA) is 102 Å². The minimum Gasteiger partial charge on any atom is -0.489 e. The van der Waals surface area contributed by atoms with Crippen LogP contribution in [0.3, 0.4) is 0 Å². The number of sulfonamides is 1. The van der Waals surface area contributed by atoms with Crippen LogP contribution in [0.1, 0.15) is 20.8 Å². The number of aliphatic hydroxyl groups excluding tert-OH is 1. The van der Waals surface area contributed by atoms with Gasteiger partial charge in [0.2, 0.25) is 10.0 Å². The van der Waals surface area contributed by atoms with E-state index in [-0.39, 0.29) is 16.4 Å². The summed E-state index contributed by atoms with van der Waals surface area (Å²) in [5.41, 5.74) is -0.0842. The molecule has 0 aliphatic rings. The fourth-order valence-corrected chi connectivity index (χ4v) is 3.80. The molecule has 4 N–H and O–H groups in total. The van der Waals surface area contributed by atoms with Gasteiger partial charge in [-0.25, -0.2) is 13.6 Å². The van der Waals surface area contributed by atoms with Crippen molar-refractivity contribution in [2.24, 2.45) is 5.14 Å². The first-order valence-electron chi connectivity index (χ1n) is 7.17. The zero-order valence-electron chi connectivity index (χ0n) is 13.4. The summed E-state index contributed by atoms with van der Waals surface area (Å²) in [6.07, 6.45) is -0.665. The van der Waals surface area contributed by atoms with E-state index in [1.54, 1.807) is 18.2 Å². The molecule has 0 radical (unpaired) electrons. The largest absolute Gasteiger partial charge is 0.489 e. The lowest BCUT2D eigenvalue weighted by Crippen LogP contribution is -2.42. The average Bonchev–Trinajstić information content (AvgIpc) is 2.86. The second-order valence-corrected chi connectivity index (χ2v) is 9.22. The number of nitrogens with two attached hydrogens (primary N) is 1. The fourth-order valence-electron chi connectivity index (χ4n) is 1.94. The molecule has 1 aromatic carbocycles. The van der Waals surface area contributed by atoms with E-state index in [1.807, 2.05) is 20.8 Å². The standard InChI is InChI=1S/C15H22N2O4S2/c1-15(2,3)17-8-11(18)9-21-12-6-4-5-10-7-13(22-14(10)12)23(16,19)20/h4-7,11,17-18H,8-9H2,1-3H3,(H2,16,19,20). The summed E-state index contributed by atoms with van der Waals surface area (Å²) in [6, 6.07) is 6.84. The highest BCUT2D eigenvalue weighted by molar-refractivity contribution is 7.91. The molecule has 23 heavy (non-hydrogen) atoms. The number of fused-ring (bicyclic) bond motifs is 1. The monoisotopic (exact) mass is 358 g/mol. The number of aliphatic hydroxyl groups is 1. The number of thiophene rings is 1. The van der Waals surface area contributed by atoms with Crippen molar-refractivity contribution in [3.05, 3.63) is 24.3 Å². The molecule has 6 nitrogen and oxygen atoms in total. The van der Waals surface area contributed by atoms with E-state index in [1.165, 1.54) is 6.07 Å². The van der Waals surface area contributed by atoms with Gasteiger partial charge in [-0.05, 0) is 38.3 Å². The van der Waals surface area contributed by atoms with Gasteiger partial charge in [-0.2, -0.15) is 0 Å². The molecule has 0 bridgehead atoms. The molecule has 0 amide bonds. The Bertz CT molecular complexity index is 778. The van der Waals surface area contributed by atoms with E-state index in [2.05, 4.69) is 5.32 Å². The van der Waals surface area contributed by atoms with Crippen molar-refractivity contribution in [3.8, 4) is 5.75 Å². The molecule has 2 aromatic rings. The Morgan fingerprint density at radius 2 is 2.09 bits per heavy atom. The first-order chi connectivity index (χ1) is 10.6. The lowest BCUT2D eigenvalue weighted by molar-refractivity contribution is 0.101. The molecular weight excluding hydrogens is 336 g/mol. The maximum Gasteiger partial charge on any atom is 0.247 e. The zero-order chi connectivity index (χ0) is 17.3. The molecular formula is C15H22N2O4S2. The number of rotatable bonds is 6. The van der Waals surface area contributed by atoms with Gasteiger partial charge in [0.25, 0.3) is 0 Å². The summed E-state index contributed by atoms with van der Waals surface area (Å²) in [4.78, 5) is 0. The van der Waals surface area contributed by atoms with E-state index in [0.29, 0.717) is 17.0 Å². The summed E-state index contributed by atoms with van der Waals surface area (Å²) >= 11 is 1.06. The summed E-state index contributed by atoms with van der Waals surface area (Å²) in [5, 5.41) is 19.1. The van der Waals surface area contributed by atoms with Crippen LogP contribution in [0, 0.1) is 0 Å². The molecule has 1 aromatic heterocycles. The fraction of sp³-hybridized carbons (Fsp3) is 0.467. The lowest BCUT2D eigenvalue weighted by atomic mass is 10.1.